The molecule has 1 aromatic carbocycles. The van der Waals surface area contributed by atoms with Gasteiger partial charge in [-0.05, 0) is 11.6 Å². The van der Waals surface area contributed by atoms with Crippen molar-refractivity contribution in [2.45, 2.75) is 0 Å². The molecule has 0 spiro atoms. The molecule has 4 heteroatoms. The van der Waals surface area contributed by atoms with Crippen LogP contribution in [0.4, 0.5) is 4.39 Å². The van der Waals surface area contributed by atoms with Crippen molar-refractivity contribution < 1.29 is 23.9 Å². The van der Waals surface area contributed by atoms with Gasteiger partial charge in [0.05, 0.1) is 0 Å². The van der Waals surface area contributed by atoms with E-state index in [1.807, 2.05) is 0 Å². The molecule has 0 aromatic heterocycles. The van der Waals surface area contributed by atoms with Gasteiger partial charge in [-0.3, -0.25) is 9.65 Å². The SMILES string of the molecule is I.N#Cc1[c-]cccc1F.[Zn]. The van der Waals surface area contributed by atoms with Gasteiger partial charge in [-0.25, -0.2) is 0 Å². The molecule has 0 aliphatic rings. The molecule has 0 N–H and O–H groups in total. The van der Waals surface area contributed by atoms with Gasteiger partial charge < -0.3 is 0 Å². The fourth-order valence-corrected chi connectivity index (χ4v) is 0.502. The first kappa shape index (κ1) is 13.6. The summed E-state index contributed by atoms with van der Waals surface area (Å²) in [4.78, 5) is 0. The summed E-state index contributed by atoms with van der Waals surface area (Å²) in [6.07, 6.45) is 0. The summed E-state index contributed by atoms with van der Waals surface area (Å²) in [7, 11) is 0. The van der Waals surface area contributed by atoms with E-state index >= 15 is 0 Å². The minimum atomic E-state index is -0.514. The van der Waals surface area contributed by atoms with Crippen LogP contribution in [-0.4, -0.2) is 0 Å². The van der Waals surface area contributed by atoms with Gasteiger partial charge in [0.25, 0.3) is 0 Å². The Bertz CT molecular complexity index is 259. The molecule has 0 fully saturated rings. The van der Waals surface area contributed by atoms with Gasteiger partial charge in [0.2, 0.25) is 0 Å². The Labute approximate surface area is 94.4 Å². The predicted octanol–water partition coefficient (Wildman–Crippen LogP) is 2.11. The Morgan fingerprint density at radius 2 is 2.18 bits per heavy atom. The fraction of sp³-hybridized carbons (Fsp3) is 0. The Balaban J connectivity index is 0. The number of nitrogens with zero attached hydrogens (tertiary/aromatic N) is 1. The third kappa shape index (κ3) is 3.78. The van der Waals surface area contributed by atoms with Crippen molar-refractivity contribution in [3.63, 3.8) is 0 Å². The van der Waals surface area contributed by atoms with Crippen molar-refractivity contribution in [3.8, 4) is 6.07 Å². The van der Waals surface area contributed by atoms with E-state index in [4.69, 9.17) is 5.26 Å². The summed E-state index contributed by atoms with van der Waals surface area (Å²) in [6.45, 7) is 0. The summed E-state index contributed by atoms with van der Waals surface area (Å²) in [5.74, 6) is -0.514. The quantitative estimate of drug-likeness (QED) is 0.409. The van der Waals surface area contributed by atoms with E-state index in [-0.39, 0.29) is 49.0 Å². The molecular weight excluding hydrogens is 309 g/mol. The molecule has 0 atom stereocenters. The molecule has 0 bridgehead atoms. The molecule has 1 nitrogen and oxygen atoms in total. The Hall–Kier alpha value is -0.00662. The van der Waals surface area contributed by atoms with Crippen LogP contribution in [0.1, 0.15) is 5.56 Å². The summed E-state index contributed by atoms with van der Waals surface area (Å²) in [5.41, 5.74) is -0.0301. The summed E-state index contributed by atoms with van der Waals surface area (Å²) >= 11 is 0. The number of hydrogen-bond acceptors (Lipinski definition) is 1. The number of benzene rings is 1. The third-order valence-electron chi connectivity index (χ3n) is 0.917. The van der Waals surface area contributed by atoms with Crippen molar-refractivity contribution in [1.82, 2.24) is 0 Å². The van der Waals surface area contributed by atoms with Crippen molar-refractivity contribution in [1.29, 1.82) is 5.26 Å². The molecule has 0 aliphatic carbocycles. The standard InChI is InChI=1S/C7H3FN.HI.Zn/c8-7-4-2-1-3-6(7)5-9;;/h1-2,4H;1H;/q-1;;. The predicted molar refractivity (Wildman–Crippen MR) is 45.4 cm³/mol. The molecule has 0 saturated heterocycles. The van der Waals surface area contributed by atoms with Gasteiger partial charge in [-0.2, -0.15) is 0 Å². The van der Waals surface area contributed by atoms with Crippen molar-refractivity contribution in [2.24, 2.45) is 0 Å². The van der Waals surface area contributed by atoms with E-state index in [2.05, 4.69) is 6.07 Å². The summed E-state index contributed by atoms with van der Waals surface area (Å²) in [6, 6.07) is 8.34. The second kappa shape index (κ2) is 6.69. The molecule has 1 rings (SSSR count). The van der Waals surface area contributed by atoms with Crippen LogP contribution in [-0.2, 0) is 19.5 Å². The number of hydrogen-bond donors (Lipinski definition) is 0. The Morgan fingerprint density at radius 1 is 1.55 bits per heavy atom. The third-order valence-corrected chi connectivity index (χ3v) is 0.917. The molecule has 0 heterocycles. The van der Waals surface area contributed by atoms with Crippen LogP contribution >= 0.6 is 24.0 Å². The van der Waals surface area contributed by atoms with Crippen LogP contribution in [0.2, 0.25) is 0 Å². The van der Waals surface area contributed by atoms with Gasteiger partial charge in [0, 0.05) is 25.3 Å². The van der Waals surface area contributed by atoms with E-state index in [1.54, 1.807) is 6.07 Å². The molecule has 0 unspecified atom stereocenters. The molecule has 1 aromatic rings. The van der Waals surface area contributed by atoms with Gasteiger partial charge in [-0.1, -0.05) is 0 Å². The summed E-state index contributed by atoms with van der Waals surface area (Å²) in [5, 5.41) is 8.20. The van der Waals surface area contributed by atoms with Crippen molar-refractivity contribution >= 4 is 24.0 Å². The van der Waals surface area contributed by atoms with Crippen LogP contribution in [0.25, 0.3) is 0 Å². The second-order valence-corrected chi connectivity index (χ2v) is 1.50. The van der Waals surface area contributed by atoms with Gasteiger partial charge in [0.1, 0.15) is 0 Å². The van der Waals surface area contributed by atoms with Crippen LogP contribution in [0.15, 0.2) is 18.2 Å². The molecule has 0 aliphatic heterocycles. The Morgan fingerprint density at radius 3 is 2.55 bits per heavy atom. The average molecular weight is 313 g/mol. The Kier molecular flexibility index (Phi) is 8.25. The first-order valence-corrected chi connectivity index (χ1v) is 2.41. The van der Waals surface area contributed by atoms with Gasteiger partial charge >= 0.3 is 0 Å². The zero-order valence-corrected chi connectivity index (χ0v) is 11.0. The minimum Gasteiger partial charge on any atom is -0.265 e. The van der Waals surface area contributed by atoms with Crippen LogP contribution in [0, 0.1) is 23.2 Å². The zero-order chi connectivity index (χ0) is 6.69. The first-order chi connectivity index (χ1) is 4.34. The normalized spacial score (nSPS) is 6.91. The van der Waals surface area contributed by atoms with Gasteiger partial charge in [0.15, 0.2) is 0 Å². The van der Waals surface area contributed by atoms with E-state index < -0.39 is 5.82 Å². The van der Waals surface area contributed by atoms with E-state index in [9.17, 15) is 4.39 Å². The van der Waals surface area contributed by atoms with E-state index in [1.165, 1.54) is 18.2 Å². The smallest absolute Gasteiger partial charge is 0.0452 e. The van der Waals surface area contributed by atoms with E-state index in [0.29, 0.717) is 0 Å². The fourth-order valence-electron chi connectivity index (χ4n) is 0.502. The zero-order valence-electron chi connectivity index (χ0n) is 5.67. The molecular formula is C7H4FINZn-. The van der Waals surface area contributed by atoms with Crippen LogP contribution in [0.5, 0.6) is 0 Å². The first-order valence-electron chi connectivity index (χ1n) is 2.41. The molecule has 0 radical (unpaired) electrons. The maximum atomic E-state index is 12.3. The molecule has 11 heavy (non-hydrogen) atoms. The number of halogens is 2. The topological polar surface area (TPSA) is 23.8 Å². The maximum Gasteiger partial charge on any atom is 0.0452 e. The molecule has 54 valence electrons. The van der Waals surface area contributed by atoms with Crippen molar-refractivity contribution in [2.75, 3.05) is 0 Å². The maximum absolute atomic E-state index is 12.3. The summed E-state index contributed by atoms with van der Waals surface area (Å²) < 4.78 is 12.3. The van der Waals surface area contributed by atoms with Crippen LogP contribution < -0.4 is 0 Å². The second-order valence-electron chi connectivity index (χ2n) is 1.50. The molecule has 0 saturated carbocycles. The molecule has 0 amide bonds. The minimum absolute atomic E-state index is 0. The number of nitriles is 1. The monoisotopic (exact) mass is 312 g/mol. The largest absolute Gasteiger partial charge is 0.265 e. The van der Waals surface area contributed by atoms with E-state index in [0.717, 1.165) is 0 Å². The van der Waals surface area contributed by atoms with Crippen molar-refractivity contribution in [3.05, 3.63) is 35.6 Å². The van der Waals surface area contributed by atoms with Crippen LogP contribution in [0.3, 0.4) is 0 Å². The number of rotatable bonds is 0. The van der Waals surface area contributed by atoms with Gasteiger partial charge in [-0.15, -0.1) is 48.2 Å². The average Bonchev–Trinajstić information content (AvgIpc) is 1.89.